The number of hydrogen-bond acceptors (Lipinski definition) is 4. The number of non-ortho nitro benzene ring substituents is 1. The second-order valence-electron chi connectivity index (χ2n) is 4.32. The van der Waals surface area contributed by atoms with E-state index in [-0.39, 0.29) is 11.6 Å². The Kier molecular flexibility index (Phi) is 4.63. The molecule has 0 fully saturated rings. The van der Waals surface area contributed by atoms with E-state index >= 15 is 0 Å². The molecule has 2 aromatic carbocycles. The molecule has 0 aliphatic carbocycles. The van der Waals surface area contributed by atoms with Crippen molar-refractivity contribution in [2.75, 3.05) is 12.4 Å². The SMILES string of the molecule is CO[C@@H](C(=O)Nc1cccc([N+](=O)[O-])c1)c1ccccc1. The molecule has 0 aromatic heterocycles. The molecule has 0 heterocycles. The van der Waals surface area contributed by atoms with Gasteiger partial charge >= 0.3 is 0 Å². The minimum atomic E-state index is -0.773. The predicted molar refractivity (Wildman–Crippen MR) is 77.9 cm³/mol. The van der Waals surface area contributed by atoms with Crippen LogP contribution in [0.2, 0.25) is 0 Å². The van der Waals surface area contributed by atoms with Crippen molar-refractivity contribution in [3.05, 3.63) is 70.3 Å². The van der Waals surface area contributed by atoms with Crippen molar-refractivity contribution in [2.24, 2.45) is 0 Å². The molecule has 21 heavy (non-hydrogen) atoms. The summed E-state index contributed by atoms with van der Waals surface area (Å²) < 4.78 is 5.20. The Balaban J connectivity index is 2.16. The van der Waals surface area contributed by atoms with Gasteiger partial charge in [0.05, 0.1) is 4.92 Å². The minimum Gasteiger partial charge on any atom is -0.367 e. The molecule has 1 N–H and O–H groups in total. The van der Waals surface area contributed by atoms with Crippen molar-refractivity contribution >= 4 is 17.3 Å². The smallest absolute Gasteiger partial charge is 0.271 e. The number of nitrogens with zero attached hydrogens (tertiary/aromatic N) is 1. The molecule has 6 nitrogen and oxygen atoms in total. The number of amides is 1. The normalized spacial score (nSPS) is 11.7. The van der Waals surface area contributed by atoms with Gasteiger partial charge in [-0.15, -0.1) is 0 Å². The van der Waals surface area contributed by atoms with Crippen molar-refractivity contribution in [2.45, 2.75) is 6.10 Å². The highest BCUT2D eigenvalue weighted by molar-refractivity contribution is 5.95. The Morgan fingerprint density at radius 3 is 2.52 bits per heavy atom. The monoisotopic (exact) mass is 286 g/mol. The van der Waals surface area contributed by atoms with E-state index in [2.05, 4.69) is 5.32 Å². The molecule has 0 aliphatic rings. The lowest BCUT2D eigenvalue weighted by molar-refractivity contribution is -0.384. The lowest BCUT2D eigenvalue weighted by Crippen LogP contribution is -2.22. The second-order valence-corrected chi connectivity index (χ2v) is 4.32. The predicted octanol–water partition coefficient (Wildman–Crippen LogP) is 2.92. The summed E-state index contributed by atoms with van der Waals surface area (Å²) in [7, 11) is 1.44. The lowest BCUT2D eigenvalue weighted by atomic mass is 10.1. The van der Waals surface area contributed by atoms with E-state index < -0.39 is 11.0 Å². The highest BCUT2D eigenvalue weighted by atomic mass is 16.6. The maximum Gasteiger partial charge on any atom is 0.271 e. The molecule has 0 spiro atoms. The number of anilines is 1. The summed E-state index contributed by atoms with van der Waals surface area (Å²) in [5.41, 5.74) is 0.983. The van der Waals surface area contributed by atoms with Crippen molar-refractivity contribution < 1.29 is 14.5 Å². The number of hydrogen-bond donors (Lipinski definition) is 1. The summed E-state index contributed by atoms with van der Waals surface area (Å²) in [5, 5.41) is 13.3. The van der Waals surface area contributed by atoms with Crippen LogP contribution in [0, 0.1) is 10.1 Å². The highest BCUT2D eigenvalue weighted by Crippen LogP contribution is 2.21. The van der Waals surface area contributed by atoms with Gasteiger partial charge in [0, 0.05) is 24.9 Å². The van der Waals surface area contributed by atoms with Crippen LogP contribution in [-0.4, -0.2) is 17.9 Å². The summed E-state index contributed by atoms with van der Waals surface area (Å²) in [6, 6.07) is 14.8. The van der Waals surface area contributed by atoms with E-state index in [1.54, 1.807) is 18.2 Å². The van der Waals surface area contributed by atoms with E-state index in [1.165, 1.54) is 25.3 Å². The first-order valence-electron chi connectivity index (χ1n) is 6.25. The van der Waals surface area contributed by atoms with Gasteiger partial charge in [-0.05, 0) is 11.6 Å². The zero-order valence-electron chi connectivity index (χ0n) is 11.4. The molecule has 0 saturated carbocycles. The molecule has 0 unspecified atom stereocenters. The third-order valence-corrected chi connectivity index (χ3v) is 2.90. The van der Waals surface area contributed by atoms with E-state index in [9.17, 15) is 14.9 Å². The first-order valence-corrected chi connectivity index (χ1v) is 6.25. The average molecular weight is 286 g/mol. The number of rotatable bonds is 5. The fourth-order valence-electron chi connectivity index (χ4n) is 1.93. The van der Waals surface area contributed by atoms with Crippen LogP contribution in [0.1, 0.15) is 11.7 Å². The summed E-state index contributed by atoms with van der Waals surface area (Å²) in [6.45, 7) is 0. The molecule has 1 atom stereocenters. The Labute approximate surface area is 121 Å². The van der Waals surface area contributed by atoms with Gasteiger partial charge in [-0.2, -0.15) is 0 Å². The van der Waals surface area contributed by atoms with Crippen LogP contribution in [-0.2, 0) is 9.53 Å². The number of ether oxygens (including phenoxy) is 1. The molecule has 0 aliphatic heterocycles. The van der Waals surface area contributed by atoms with Crippen LogP contribution in [0.5, 0.6) is 0 Å². The van der Waals surface area contributed by atoms with Crippen LogP contribution in [0.4, 0.5) is 11.4 Å². The Morgan fingerprint density at radius 1 is 1.19 bits per heavy atom. The number of benzene rings is 2. The van der Waals surface area contributed by atoms with Crippen LogP contribution in [0.3, 0.4) is 0 Å². The maximum atomic E-state index is 12.2. The molecular weight excluding hydrogens is 272 g/mol. The molecule has 0 bridgehead atoms. The van der Waals surface area contributed by atoms with Crippen molar-refractivity contribution in [3.63, 3.8) is 0 Å². The quantitative estimate of drug-likeness (QED) is 0.676. The van der Waals surface area contributed by atoms with Gasteiger partial charge in [0.2, 0.25) is 0 Å². The van der Waals surface area contributed by atoms with Gasteiger partial charge < -0.3 is 10.1 Å². The third kappa shape index (κ3) is 3.64. The molecule has 2 aromatic rings. The van der Waals surface area contributed by atoms with E-state index in [4.69, 9.17) is 4.74 Å². The summed E-state index contributed by atoms with van der Waals surface area (Å²) in [6.07, 6.45) is -0.773. The first-order chi connectivity index (χ1) is 10.1. The van der Waals surface area contributed by atoms with Gasteiger partial charge in [-0.25, -0.2) is 0 Å². The van der Waals surface area contributed by atoms with Gasteiger partial charge in [0.15, 0.2) is 6.10 Å². The molecule has 0 radical (unpaired) electrons. The molecule has 108 valence electrons. The standard InChI is InChI=1S/C15H14N2O4/c1-21-14(11-6-3-2-4-7-11)15(18)16-12-8-5-9-13(10-12)17(19)20/h2-10,14H,1H3,(H,16,18)/t14-/m1/s1. The van der Waals surface area contributed by atoms with Crippen molar-refractivity contribution in [1.82, 2.24) is 0 Å². The summed E-state index contributed by atoms with van der Waals surface area (Å²) in [4.78, 5) is 22.4. The van der Waals surface area contributed by atoms with E-state index in [1.807, 2.05) is 18.2 Å². The van der Waals surface area contributed by atoms with Crippen LogP contribution < -0.4 is 5.32 Å². The number of carbonyl (C=O) groups is 1. The maximum absolute atomic E-state index is 12.2. The van der Waals surface area contributed by atoms with E-state index in [0.717, 1.165) is 0 Å². The molecular formula is C15H14N2O4. The topological polar surface area (TPSA) is 81.5 Å². The largest absolute Gasteiger partial charge is 0.367 e. The molecule has 1 amide bonds. The molecule has 0 saturated heterocycles. The lowest BCUT2D eigenvalue weighted by Gasteiger charge is -2.15. The Bertz CT molecular complexity index is 643. The Morgan fingerprint density at radius 2 is 1.90 bits per heavy atom. The number of nitro benzene ring substituents is 1. The fraction of sp³-hybridized carbons (Fsp3) is 0.133. The number of methoxy groups -OCH3 is 1. The first kappa shape index (κ1) is 14.7. The average Bonchev–Trinajstić information content (AvgIpc) is 2.49. The fourth-order valence-corrected chi connectivity index (χ4v) is 1.93. The zero-order chi connectivity index (χ0) is 15.2. The van der Waals surface area contributed by atoms with Crippen LogP contribution >= 0.6 is 0 Å². The van der Waals surface area contributed by atoms with E-state index in [0.29, 0.717) is 11.3 Å². The van der Waals surface area contributed by atoms with Crippen LogP contribution in [0.25, 0.3) is 0 Å². The number of nitrogens with one attached hydrogen (secondary N) is 1. The number of carbonyl (C=O) groups excluding carboxylic acids is 1. The molecule has 6 heteroatoms. The van der Waals surface area contributed by atoms with Gasteiger partial charge in [-0.1, -0.05) is 36.4 Å². The number of nitro groups is 1. The van der Waals surface area contributed by atoms with Gasteiger partial charge in [-0.3, -0.25) is 14.9 Å². The summed E-state index contributed by atoms with van der Waals surface area (Å²) in [5.74, 6) is -0.385. The third-order valence-electron chi connectivity index (χ3n) is 2.90. The Hall–Kier alpha value is -2.73. The van der Waals surface area contributed by atoms with Gasteiger partial charge in [0.1, 0.15) is 0 Å². The highest BCUT2D eigenvalue weighted by Gasteiger charge is 2.20. The second kappa shape index (κ2) is 6.62. The minimum absolute atomic E-state index is 0.0820. The summed E-state index contributed by atoms with van der Waals surface area (Å²) >= 11 is 0. The van der Waals surface area contributed by atoms with Crippen molar-refractivity contribution in [3.8, 4) is 0 Å². The zero-order valence-corrected chi connectivity index (χ0v) is 11.4. The van der Waals surface area contributed by atoms with Gasteiger partial charge in [0.25, 0.3) is 11.6 Å². The van der Waals surface area contributed by atoms with Crippen LogP contribution in [0.15, 0.2) is 54.6 Å². The van der Waals surface area contributed by atoms with Crippen molar-refractivity contribution in [1.29, 1.82) is 0 Å². The molecule has 2 rings (SSSR count).